The van der Waals surface area contributed by atoms with Crippen LogP contribution in [0.3, 0.4) is 0 Å². The number of hydrogen-bond acceptors (Lipinski definition) is 5. The van der Waals surface area contributed by atoms with Gasteiger partial charge in [0, 0.05) is 25.3 Å². The highest BCUT2D eigenvalue weighted by Crippen LogP contribution is 2.22. The van der Waals surface area contributed by atoms with E-state index in [1.54, 1.807) is 0 Å². The van der Waals surface area contributed by atoms with Crippen LogP contribution in [0.15, 0.2) is 60.7 Å². The first kappa shape index (κ1) is 18.7. The second-order valence-electron chi connectivity index (χ2n) is 6.82. The van der Waals surface area contributed by atoms with Gasteiger partial charge in [-0.15, -0.1) is 0 Å². The molecular weight excluding hydrogens is 336 g/mol. The summed E-state index contributed by atoms with van der Waals surface area (Å²) in [6, 6.07) is 20.2. The Morgan fingerprint density at radius 3 is 2.37 bits per heavy atom. The van der Waals surface area contributed by atoms with Crippen molar-refractivity contribution in [2.75, 3.05) is 17.3 Å². The van der Waals surface area contributed by atoms with Crippen LogP contribution >= 0.6 is 0 Å². The molecule has 1 heterocycles. The fourth-order valence-electron chi connectivity index (χ4n) is 2.79. The van der Waals surface area contributed by atoms with Crippen LogP contribution < -0.4 is 15.0 Å². The van der Waals surface area contributed by atoms with Crippen molar-refractivity contribution < 1.29 is 4.74 Å². The summed E-state index contributed by atoms with van der Waals surface area (Å²) >= 11 is 0. The summed E-state index contributed by atoms with van der Waals surface area (Å²) in [7, 11) is 2.04. The number of ether oxygens (including phenoxy) is 1. The van der Waals surface area contributed by atoms with Gasteiger partial charge < -0.3 is 15.0 Å². The third-order valence-electron chi connectivity index (χ3n) is 3.98. The maximum atomic E-state index is 5.69. The molecule has 0 amide bonds. The predicted molar refractivity (Wildman–Crippen MR) is 111 cm³/mol. The summed E-state index contributed by atoms with van der Waals surface area (Å²) in [4.78, 5) is 11.2. The van der Waals surface area contributed by atoms with Crippen molar-refractivity contribution in [3.8, 4) is 5.75 Å². The number of nitrogens with zero attached hydrogens (tertiary/aromatic N) is 3. The molecule has 0 aliphatic rings. The average molecular weight is 362 g/mol. The van der Waals surface area contributed by atoms with E-state index in [0.717, 1.165) is 35.4 Å². The van der Waals surface area contributed by atoms with Crippen LogP contribution in [-0.2, 0) is 6.54 Å². The summed E-state index contributed by atoms with van der Waals surface area (Å²) in [6.07, 6.45) is 0.163. The first-order valence-electron chi connectivity index (χ1n) is 9.14. The zero-order valence-electron chi connectivity index (χ0n) is 16.3. The van der Waals surface area contributed by atoms with Crippen LogP contribution in [0.5, 0.6) is 5.75 Å². The molecule has 0 aliphatic heterocycles. The Hall–Kier alpha value is -3.08. The minimum atomic E-state index is 0.163. The van der Waals surface area contributed by atoms with Crippen LogP contribution in [0.4, 0.5) is 17.3 Å². The van der Waals surface area contributed by atoms with Gasteiger partial charge in [-0.25, -0.2) is 9.97 Å². The molecule has 0 bridgehead atoms. The van der Waals surface area contributed by atoms with E-state index < -0.39 is 0 Å². The van der Waals surface area contributed by atoms with Gasteiger partial charge in [0.2, 0.25) is 0 Å². The van der Waals surface area contributed by atoms with E-state index in [4.69, 9.17) is 4.74 Å². The normalized spacial score (nSPS) is 10.7. The number of nitrogens with one attached hydrogen (secondary N) is 1. The zero-order chi connectivity index (χ0) is 19.2. The standard InChI is InChI=1S/C22H26N4O/c1-16(2)27-20-12-10-19(11-13-20)25-21-14-22(24-17(3)23-21)26(4)15-18-8-6-5-7-9-18/h5-14,16H,15H2,1-4H3,(H,23,24,25). The first-order chi connectivity index (χ1) is 13.0. The van der Waals surface area contributed by atoms with Crippen LogP contribution in [0.1, 0.15) is 25.2 Å². The topological polar surface area (TPSA) is 50.3 Å². The number of hydrogen-bond donors (Lipinski definition) is 1. The predicted octanol–water partition coefficient (Wildman–Crippen LogP) is 4.95. The molecule has 1 aromatic heterocycles. The number of aryl methyl sites for hydroxylation is 1. The monoisotopic (exact) mass is 362 g/mol. The number of rotatable bonds is 7. The Balaban J connectivity index is 1.73. The van der Waals surface area contributed by atoms with E-state index in [1.165, 1.54) is 5.56 Å². The molecule has 0 aliphatic carbocycles. The van der Waals surface area contributed by atoms with E-state index >= 15 is 0 Å². The summed E-state index contributed by atoms with van der Waals surface area (Å²) in [6.45, 7) is 6.73. The minimum Gasteiger partial charge on any atom is -0.491 e. The molecule has 0 fully saturated rings. The van der Waals surface area contributed by atoms with Crippen molar-refractivity contribution in [3.05, 3.63) is 72.1 Å². The highest BCUT2D eigenvalue weighted by molar-refractivity contribution is 5.60. The molecule has 3 aromatic rings. The minimum absolute atomic E-state index is 0.163. The van der Waals surface area contributed by atoms with E-state index in [0.29, 0.717) is 0 Å². The lowest BCUT2D eigenvalue weighted by Crippen LogP contribution is -2.18. The summed E-state index contributed by atoms with van der Waals surface area (Å²) in [5.41, 5.74) is 2.20. The van der Waals surface area contributed by atoms with Crippen molar-refractivity contribution in [2.24, 2.45) is 0 Å². The molecular formula is C22H26N4O. The van der Waals surface area contributed by atoms with Crippen molar-refractivity contribution in [1.29, 1.82) is 0 Å². The van der Waals surface area contributed by atoms with Crippen molar-refractivity contribution in [2.45, 2.75) is 33.4 Å². The molecule has 0 saturated heterocycles. The molecule has 5 heteroatoms. The average Bonchev–Trinajstić information content (AvgIpc) is 2.63. The molecule has 5 nitrogen and oxygen atoms in total. The zero-order valence-corrected chi connectivity index (χ0v) is 16.3. The lowest BCUT2D eigenvalue weighted by molar-refractivity contribution is 0.242. The molecule has 0 spiro atoms. The molecule has 0 saturated carbocycles. The SMILES string of the molecule is Cc1nc(Nc2ccc(OC(C)C)cc2)cc(N(C)Cc2ccccc2)n1. The Labute approximate surface area is 161 Å². The van der Waals surface area contributed by atoms with Gasteiger partial charge in [-0.1, -0.05) is 30.3 Å². The Kier molecular flexibility index (Phi) is 5.91. The summed E-state index contributed by atoms with van der Waals surface area (Å²) in [5, 5.41) is 3.35. The molecule has 0 radical (unpaired) electrons. The second kappa shape index (κ2) is 8.54. The fraction of sp³-hybridized carbons (Fsp3) is 0.273. The molecule has 140 valence electrons. The Bertz CT molecular complexity index is 863. The van der Waals surface area contributed by atoms with E-state index in [-0.39, 0.29) is 6.10 Å². The highest BCUT2D eigenvalue weighted by atomic mass is 16.5. The van der Waals surface area contributed by atoms with Gasteiger partial charge in [-0.3, -0.25) is 0 Å². The molecule has 2 aromatic carbocycles. The number of anilines is 3. The largest absolute Gasteiger partial charge is 0.491 e. The number of benzene rings is 2. The Morgan fingerprint density at radius 1 is 1.00 bits per heavy atom. The van der Waals surface area contributed by atoms with Gasteiger partial charge in [-0.05, 0) is 50.6 Å². The Morgan fingerprint density at radius 2 is 1.70 bits per heavy atom. The smallest absolute Gasteiger partial charge is 0.136 e. The molecule has 1 N–H and O–H groups in total. The van der Waals surface area contributed by atoms with Gasteiger partial charge in [-0.2, -0.15) is 0 Å². The highest BCUT2D eigenvalue weighted by Gasteiger charge is 2.08. The third kappa shape index (κ3) is 5.45. The molecule has 3 rings (SSSR count). The van der Waals surface area contributed by atoms with Crippen LogP contribution in [0.25, 0.3) is 0 Å². The molecule has 0 atom stereocenters. The quantitative estimate of drug-likeness (QED) is 0.644. The summed E-state index contributed by atoms with van der Waals surface area (Å²) < 4.78 is 5.69. The van der Waals surface area contributed by atoms with Gasteiger partial charge >= 0.3 is 0 Å². The maximum Gasteiger partial charge on any atom is 0.136 e. The van der Waals surface area contributed by atoms with Crippen molar-refractivity contribution in [3.63, 3.8) is 0 Å². The van der Waals surface area contributed by atoms with Gasteiger partial charge in [0.25, 0.3) is 0 Å². The van der Waals surface area contributed by atoms with E-state index in [1.807, 2.05) is 76.3 Å². The molecule has 27 heavy (non-hydrogen) atoms. The maximum absolute atomic E-state index is 5.69. The van der Waals surface area contributed by atoms with E-state index in [2.05, 4.69) is 32.3 Å². The van der Waals surface area contributed by atoms with Crippen LogP contribution in [0, 0.1) is 6.92 Å². The third-order valence-corrected chi connectivity index (χ3v) is 3.98. The van der Waals surface area contributed by atoms with Crippen molar-refractivity contribution >= 4 is 17.3 Å². The van der Waals surface area contributed by atoms with Gasteiger partial charge in [0.1, 0.15) is 23.2 Å². The first-order valence-corrected chi connectivity index (χ1v) is 9.14. The lowest BCUT2D eigenvalue weighted by Gasteiger charge is -2.19. The van der Waals surface area contributed by atoms with Gasteiger partial charge in [0.15, 0.2) is 0 Å². The van der Waals surface area contributed by atoms with Gasteiger partial charge in [0.05, 0.1) is 6.10 Å². The fourth-order valence-corrected chi connectivity index (χ4v) is 2.79. The molecule has 0 unspecified atom stereocenters. The summed E-state index contributed by atoms with van der Waals surface area (Å²) in [5.74, 6) is 3.25. The van der Waals surface area contributed by atoms with Crippen LogP contribution in [-0.4, -0.2) is 23.1 Å². The van der Waals surface area contributed by atoms with E-state index in [9.17, 15) is 0 Å². The number of aromatic nitrogens is 2. The second-order valence-corrected chi connectivity index (χ2v) is 6.82. The van der Waals surface area contributed by atoms with Crippen LogP contribution in [0.2, 0.25) is 0 Å². The lowest BCUT2D eigenvalue weighted by atomic mass is 10.2. The van der Waals surface area contributed by atoms with Crippen molar-refractivity contribution in [1.82, 2.24) is 9.97 Å².